The van der Waals surface area contributed by atoms with Crippen LogP contribution in [0.2, 0.25) is 10.0 Å². The van der Waals surface area contributed by atoms with E-state index in [0.29, 0.717) is 60.6 Å². The Morgan fingerprint density at radius 2 is 1.66 bits per heavy atom. The summed E-state index contributed by atoms with van der Waals surface area (Å²) in [7, 11) is 0. The molecule has 7 nitrogen and oxygen atoms in total. The fourth-order valence-electron chi connectivity index (χ4n) is 2.82. The Hall–Kier alpha value is -2.23. The summed E-state index contributed by atoms with van der Waals surface area (Å²) in [6.45, 7) is 13.8. The maximum atomic E-state index is 13.6. The fourth-order valence-corrected chi connectivity index (χ4v) is 3.18. The van der Waals surface area contributed by atoms with Crippen LogP contribution >= 0.6 is 23.2 Å². The van der Waals surface area contributed by atoms with E-state index >= 15 is 0 Å². The molecule has 0 aliphatic carbocycles. The number of anilines is 1. The highest BCUT2D eigenvalue weighted by Gasteiger charge is 2.11. The molecule has 0 saturated carbocycles. The number of hydrogen-bond donors (Lipinski definition) is 5. The number of carbonyl (C=O) groups is 2. The Bertz CT molecular complexity index is 966. The standard InChI is InChI=1S/C17H17Cl2FN2O.C6H13NO3.C5H12/c1-11(12-3-2-4-14(18)5-12)8-21-9-13-6-16(20)15(19)7-17(13)22-10-23;1-5(9)6(10)2-3-7-4-8;1-5(2,3)4/h2-7,10-11,21H,8-9H2,1H3,(H,22,23);4-6,9-10H,2-3H2,1H3,(H,7,8);1-4H3. The number of amides is 2. The van der Waals surface area contributed by atoms with Crippen molar-refractivity contribution in [3.05, 3.63) is 63.4 Å². The average molecular weight is 575 g/mol. The van der Waals surface area contributed by atoms with Gasteiger partial charge >= 0.3 is 0 Å². The van der Waals surface area contributed by atoms with E-state index in [-0.39, 0.29) is 10.9 Å². The van der Waals surface area contributed by atoms with Crippen molar-refractivity contribution in [2.24, 2.45) is 5.41 Å². The van der Waals surface area contributed by atoms with Gasteiger partial charge in [-0.1, -0.05) is 70.0 Å². The zero-order valence-electron chi connectivity index (χ0n) is 23.0. The second kappa shape index (κ2) is 18.9. The van der Waals surface area contributed by atoms with Gasteiger partial charge in [-0.3, -0.25) is 9.59 Å². The number of hydrogen-bond acceptors (Lipinski definition) is 5. The summed E-state index contributed by atoms with van der Waals surface area (Å²) in [4.78, 5) is 20.3. The van der Waals surface area contributed by atoms with E-state index in [4.69, 9.17) is 33.4 Å². The van der Waals surface area contributed by atoms with Crippen molar-refractivity contribution in [2.45, 2.75) is 72.6 Å². The molecular formula is C28H42Cl2FN3O4. The van der Waals surface area contributed by atoms with Crippen molar-refractivity contribution in [2.75, 3.05) is 18.4 Å². The second-order valence-electron chi connectivity index (χ2n) is 10.4. The predicted molar refractivity (Wildman–Crippen MR) is 154 cm³/mol. The van der Waals surface area contributed by atoms with Crippen LogP contribution in [0.25, 0.3) is 0 Å². The van der Waals surface area contributed by atoms with Crippen LogP contribution in [0.1, 0.15) is 65.0 Å². The van der Waals surface area contributed by atoms with Crippen molar-refractivity contribution in [1.29, 1.82) is 0 Å². The summed E-state index contributed by atoms with van der Waals surface area (Å²) in [5.74, 6) is -0.267. The normalized spacial score (nSPS) is 13.0. The summed E-state index contributed by atoms with van der Waals surface area (Å²) in [5.41, 5.74) is 2.75. The minimum atomic E-state index is -0.743. The molecule has 38 heavy (non-hydrogen) atoms. The molecular weight excluding hydrogens is 532 g/mol. The van der Waals surface area contributed by atoms with E-state index in [1.165, 1.54) is 19.1 Å². The van der Waals surface area contributed by atoms with Gasteiger partial charge < -0.3 is 26.2 Å². The van der Waals surface area contributed by atoms with Gasteiger partial charge in [0.25, 0.3) is 0 Å². The first-order valence-corrected chi connectivity index (χ1v) is 13.1. The number of rotatable bonds is 12. The molecule has 0 saturated heterocycles. The zero-order valence-corrected chi connectivity index (χ0v) is 24.5. The van der Waals surface area contributed by atoms with Crippen LogP contribution in [0.5, 0.6) is 0 Å². The van der Waals surface area contributed by atoms with Gasteiger partial charge in [0.15, 0.2) is 0 Å². The Kier molecular flexibility index (Phi) is 17.8. The third-order valence-corrected chi connectivity index (χ3v) is 5.29. The molecule has 10 heteroatoms. The van der Waals surface area contributed by atoms with Crippen molar-refractivity contribution in [3.63, 3.8) is 0 Å². The Morgan fingerprint density at radius 1 is 1.03 bits per heavy atom. The van der Waals surface area contributed by atoms with E-state index in [0.717, 1.165) is 5.56 Å². The lowest BCUT2D eigenvalue weighted by Gasteiger charge is -2.15. The average Bonchev–Trinajstić information content (AvgIpc) is 2.81. The first kappa shape index (κ1) is 35.8. The number of nitrogens with one attached hydrogen (secondary N) is 3. The van der Waals surface area contributed by atoms with Gasteiger partial charge in [0.05, 0.1) is 17.2 Å². The van der Waals surface area contributed by atoms with Crippen LogP contribution in [0.15, 0.2) is 36.4 Å². The zero-order chi connectivity index (χ0) is 29.3. The lowest BCUT2D eigenvalue weighted by atomic mass is 10.0. The highest BCUT2D eigenvalue weighted by Crippen LogP contribution is 2.24. The molecule has 2 rings (SSSR count). The topological polar surface area (TPSA) is 111 Å². The number of aliphatic hydroxyl groups excluding tert-OH is 2. The van der Waals surface area contributed by atoms with Crippen LogP contribution in [-0.2, 0) is 16.1 Å². The minimum Gasteiger partial charge on any atom is -0.391 e. The van der Waals surface area contributed by atoms with Crippen LogP contribution in [0, 0.1) is 11.2 Å². The quantitative estimate of drug-likeness (QED) is 0.170. The SMILES string of the molecule is CC(C)(C)C.CC(CNCc1cc(F)c(Cl)cc1NC=O)c1cccc(Cl)c1.CC(O)C(O)CCNC=O. The first-order chi connectivity index (χ1) is 17.7. The smallest absolute Gasteiger partial charge is 0.211 e. The van der Waals surface area contributed by atoms with Gasteiger partial charge in [-0.05, 0) is 60.1 Å². The summed E-state index contributed by atoms with van der Waals surface area (Å²) in [6, 6.07) is 10.4. The molecule has 0 aliphatic rings. The fraction of sp³-hybridized carbons (Fsp3) is 0.500. The van der Waals surface area contributed by atoms with Gasteiger partial charge in [0, 0.05) is 30.3 Å². The highest BCUT2D eigenvalue weighted by molar-refractivity contribution is 6.31. The van der Waals surface area contributed by atoms with E-state index in [2.05, 4.69) is 50.6 Å². The number of halogens is 3. The van der Waals surface area contributed by atoms with Crippen molar-refractivity contribution < 1.29 is 24.2 Å². The van der Waals surface area contributed by atoms with Crippen molar-refractivity contribution in [3.8, 4) is 0 Å². The first-order valence-electron chi connectivity index (χ1n) is 12.4. The van der Waals surface area contributed by atoms with Crippen LogP contribution in [-0.4, -0.2) is 48.3 Å². The van der Waals surface area contributed by atoms with E-state index < -0.39 is 18.0 Å². The maximum absolute atomic E-state index is 13.6. The Morgan fingerprint density at radius 3 is 2.18 bits per heavy atom. The van der Waals surface area contributed by atoms with E-state index in [9.17, 15) is 14.0 Å². The number of carbonyl (C=O) groups excluding carboxylic acids is 2. The van der Waals surface area contributed by atoms with Gasteiger partial charge in [-0.25, -0.2) is 4.39 Å². The third-order valence-electron chi connectivity index (χ3n) is 4.77. The summed E-state index contributed by atoms with van der Waals surface area (Å²) < 4.78 is 13.6. The molecule has 3 unspecified atom stereocenters. The summed E-state index contributed by atoms with van der Waals surface area (Å²) >= 11 is 11.7. The van der Waals surface area contributed by atoms with Gasteiger partial charge in [-0.15, -0.1) is 0 Å². The molecule has 0 aliphatic heterocycles. The van der Waals surface area contributed by atoms with Gasteiger partial charge in [0.2, 0.25) is 12.8 Å². The molecule has 0 aromatic heterocycles. The van der Waals surface area contributed by atoms with E-state index in [1.54, 1.807) is 0 Å². The van der Waals surface area contributed by atoms with Crippen LogP contribution in [0.4, 0.5) is 10.1 Å². The Labute approximate surface area is 236 Å². The molecule has 2 amide bonds. The molecule has 0 spiro atoms. The third kappa shape index (κ3) is 17.3. The number of aliphatic hydroxyl groups is 2. The van der Waals surface area contributed by atoms with Gasteiger partial charge in [-0.2, -0.15) is 0 Å². The molecule has 2 aromatic rings. The van der Waals surface area contributed by atoms with Gasteiger partial charge in [0.1, 0.15) is 5.82 Å². The number of benzene rings is 2. The molecule has 2 aromatic carbocycles. The highest BCUT2D eigenvalue weighted by atomic mass is 35.5. The summed E-state index contributed by atoms with van der Waals surface area (Å²) in [6.07, 6.45) is 0.0215. The molecule has 0 radical (unpaired) electrons. The van der Waals surface area contributed by atoms with E-state index in [1.807, 2.05) is 24.3 Å². The van der Waals surface area contributed by atoms with Crippen LogP contribution in [0.3, 0.4) is 0 Å². The second-order valence-corrected chi connectivity index (χ2v) is 11.3. The molecule has 214 valence electrons. The summed E-state index contributed by atoms with van der Waals surface area (Å²) in [5, 5.41) is 26.5. The molecule has 0 fully saturated rings. The maximum Gasteiger partial charge on any atom is 0.211 e. The van der Waals surface area contributed by atoms with Crippen molar-refractivity contribution >= 4 is 41.7 Å². The molecule has 0 bridgehead atoms. The Balaban J connectivity index is 0.000000756. The van der Waals surface area contributed by atoms with Crippen LogP contribution < -0.4 is 16.0 Å². The largest absolute Gasteiger partial charge is 0.391 e. The molecule has 3 atom stereocenters. The van der Waals surface area contributed by atoms with Crippen molar-refractivity contribution in [1.82, 2.24) is 10.6 Å². The monoisotopic (exact) mass is 573 g/mol. The lowest BCUT2D eigenvalue weighted by molar-refractivity contribution is -0.109. The molecule has 5 N–H and O–H groups in total. The molecule has 0 heterocycles. The minimum absolute atomic E-state index is 0.0228. The lowest BCUT2D eigenvalue weighted by Crippen LogP contribution is -2.27. The predicted octanol–water partition coefficient (Wildman–Crippen LogP) is 5.51.